The van der Waals surface area contributed by atoms with Crippen molar-refractivity contribution in [3.8, 4) is 0 Å². The Morgan fingerprint density at radius 2 is 0.711 bits per heavy atom. The summed E-state index contributed by atoms with van der Waals surface area (Å²) in [5.74, 6) is -2.18. The van der Waals surface area contributed by atoms with Gasteiger partial charge in [0.2, 0.25) is 0 Å². The topological polar surface area (TPSA) is 78.9 Å². The number of benzene rings is 4. The predicted molar refractivity (Wildman–Crippen MR) is 175 cm³/mol. The number of esters is 3. The van der Waals surface area contributed by atoms with Crippen molar-refractivity contribution in [2.75, 3.05) is 0 Å². The van der Waals surface area contributed by atoms with Crippen molar-refractivity contribution in [1.82, 2.24) is 0 Å². The lowest BCUT2D eigenvalue weighted by atomic mass is 10.0. The molecule has 0 saturated heterocycles. The Labute approximate surface area is 264 Å². The molecule has 0 spiro atoms. The predicted octanol–water partition coefficient (Wildman–Crippen LogP) is 7.55. The van der Waals surface area contributed by atoms with Gasteiger partial charge in [-0.05, 0) is 34.9 Å². The Balaban J connectivity index is 1.59. The minimum absolute atomic E-state index is 0.00673. The normalized spacial score (nSPS) is 12.5. The smallest absolute Gasteiger partial charge is 0.338 e. The van der Waals surface area contributed by atoms with Gasteiger partial charge in [0.1, 0.15) is 18.3 Å². The second kappa shape index (κ2) is 16.4. The standard InChI is InChI=1S/C39H36O6/c1-4-34(22-28-16-10-7-11-17-28)43-37(40)31-25-32(38(41)44-35(5-2)23-29-18-12-8-13-19-29)27-33(26-31)39(42)45-36(6-3)24-30-20-14-9-15-21-30/h4-21,25-27,34-36H,1-3,22-24H2. The molecule has 6 heteroatoms. The Bertz CT molecular complexity index is 1410. The van der Waals surface area contributed by atoms with Gasteiger partial charge in [0.25, 0.3) is 0 Å². The van der Waals surface area contributed by atoms with Crippen molar-refractivity contribution < 1.29 is 28.6 Å². The van der Waals surface area contributed by atoms with Gasteiger partial charge in [-0.25, -0.2) is 14.4 Å². The maximum atomic E-state index is 13.4. The summed E-state index contributed by atoms with van der Waals surface area (Å²) in [6.07, 6.45) is 3.92. The summed E-state index contributed by atoms with van der Waals surface area (Å²) in [4.78, 5) is 40.2. The number of hydrogen-bond donors (Lipinski definition) is 0. The average molecular weight is 601 g/mol. The zero-order valence-electron chi connectivity index (χ0n) is 25.0. The molecule has 6 nitrogen and oxygen atoms in total. The molecule has 4 aromatic carbocycles. The van der Waals surface area contributed by atoms with Crippen LogP contribution in [0.3, 0.4) is 0 Å². The first-order valence-corrected chi connectivity index (χ1v) is 14.7. The van der Waals surface area contributed by atoms with Crippen molar-refractivity contribution in [3.05, 3.63) is 181 Å². The Morgan fingerprint density at radius 1 is 0.467 bits per heavy atom. The van der Waals surface area contributed by atoms with Crippen LogP contribution in [0.1, 0.15) is 47.8 Å². The molecule has 0 fully saturated rings. The summed E-state index contributed by atoms with van der Waals surface area (Å²) in [6.45, 7) is 11.4. The first-order chi connectivity index (χ1) is 21.9. The van der Waals surface area contributed by atoms with Gasteiger partial charge in [0.15, 0.2) is 0 Å². The van der Waals surface area contributed by atoms with Crippen LogP contribution >= 0.6 is 0 Å². The van der Waals surface area contributed by atoms with Crippen molar-refractivity contribution in [3.63, 3.8) is 0 Å². The molecule has 0 radical (unpaired) electrons. The number of hydrogen-bond acceptors (Lipinski definition) is 6. The highest BCUT2D eigenvalue weighted by atomic mass is 16.6. The lowest BCUT2D eigenvalue weighted by Crippen LogP contribution is -2.22. The molecule has 0 bridgehead atoms. The number of carbonyl (C=O) groups excluding carboxylic acids is 3. The van der Waals surface area contributed by atoms with Crippen molar-refractivity contribution in [2.45, 2.75) is 37.6 Å². The molecule has 0 aliphatic rings. The summed E-state index contributed by atoms with van der Waals surface area (Å²) in [6, 6.07) is 32.7. The molecular formula is C39H36O6. The molecule has 0 heterocycles. The van der Waals surface area contributed by atoms with E-state index in [2.05, 4.69) is 19.7 Å². The maximum absolute atomic E-state index is 13.4. The van der Waals surface area contributed by atoms with Crippen LogP contribution < -0.4 is 0 Å². The van der Waals surface area contributed by atoms with E-state index in [-0.39, 0.29) is 16.7 Å². The van der Waals surface area contributed by atoms with E-state index in [9.17, 15) is 14.4 Å². The summed E-state index contributed by atoms with van der Waals surface area (Å²) in [5, 5.41) is 0. The van der Waals surface area contributed by atoms with E-state index < -0.39 is 36.2 Å². The van der Waals surface area contributed by atoms with Crippen LogP contribution in [0.5, 0.6) is 0 Å². The molecule has 3 unspecified atom stereocenters. The minimum Gasteiger partial charge on any atom is -0.454 e. The van der Waals surface area contributed by atoms with E-state index in [0.29, 0.717) is 19.3 Å². The third-order valence-corrected chi connectivity index (χ3v) is 7.04. The van der Waals surface area contributed by atoms with E-state index in [0.717, 1.165) is 16.7 Å². The third-order valence-electron chi connectivity index (χ3n) is 7.04. The summed E-state index contributed by atoms with van der Waals surface area (Å²) < 4.78 is 17.2. The molecule has 0 N–H and O–H groups in total. The zero-order chi connectivity index (χ0) is 32.0. The fourth-order valence-electron chi connectivity index (χ4n) is 4.66. The average Bonchev–Trinajstić information content (AvgIpc) is 3.08. The van der Waals surface area contributed by atoms with E-state index >= 15 is 0 Å². The maximum Gasteiger partial charge on any atom is 0.338 e. The highest BCUT2D eigenvalue weighted by molar-refractivity contribution is 6.00. The van der Waals surface area contributed by atoms with Crippen LogP contribution in [0.15, 0.2) is 147 Å². The van der Waals surface area contributed by atoms with Crippen LogP contribution in [0, 0.1) is 0 Å². The Hall–Kier alpha value is -5.49. The van der Waals surface area contributed by atoms with Gasteiger partial charge in [0, 0.05) is 19.3 Å². The molecule has 0 aliphatic carbocycles. The van der Waals surface area contributed by atoms with Gasteiger partial charge in [-0.15, -0.1) is 0 Å². The number of ether oxygens (including phenoxy) is 3. The van der Waals surface area contributed by atoms with Crippen molar-refractivity contribution in [2.24, 2.45) is 0 Å². The van der Waals surface area contributed by atoms with Gasteiger partial charge in [-0.2, -0.15) is 0 Å². The van der Waals surface area contributed by atoms with Crippen LogP contribution in [-0.2, 0) is 33.5 Å². The first-order valence-electron chi connectivity index (χ1n) is 14.7. The van der Waals surface area contributed by atoms with Gasteiger partial charge in [-0.3, -0.25) is 0 Å². The lowest BCUT2D eigenvalue weighted by molar-refractivity contribution is 0.0394. The number of rotatable bonds is 15. The molecule has 45 heavy (non-hydrogen) atoms. The van der Waals surface area contributed by atoms with Crippen LogP contribution in [-0.4, -0.2) is 36.2 Å². The molecule has 0 aromatic heterocycles. The molecule has 0 saturated carbocycles. The molecular weight excluding hydrogens is 564 g/mol. The van der Waals surface area contributed by atoms with E-state index in [4.69, 9.17) is 14.2 Å². The highest BCUT2D eigenvalue weighted by Gasteiger charge is 2.23. The quantitative estimate of drug-likeness (QED) is 0.0797. The van der Waals surface area contributed by atoms with Gasteiger partial charge >= 0.3 is 17.9 Å². The summed E-state index contributed by atoms with van der Waals surface area (Å²) >= 11 is 0. The summed E-state index contributed by atoms with van der Waals surface area (Å²) in [5.41, 5.74) is 2.85. The number of carbonyl (C=O) groups is 3. The molecule has 0 amide bonds. The molecule has 3 atom stereocenters. The van der Waals surface area contributed by atoms with Crippen molar-refractivity contribution >= 4 is 17.9 Å². The van der Waals surface area contributed by atoms with Crippen LogP contribution in [0.25, 0.3) is 0 Å². The van der Waals surface area contributed by atoms with Gasteiger partial charge in [0.05, 0.1) is 16.7 Å². The molecule has 4 rings (SSSR count). The van der Waals surface area contributed by atoms with Crippen molar-refractivity contribution in [1.29, 1.82) is 0 Å². The molecule has 228 valence electrons. The molecule has 4 aromatic rings. The Morgan fingerprint density at radius 3 is 0.933 bits per heavy atom. The highest BCUT2D eigenvalue weighted by Crippen LogP contribution is 2.19. The van der Waals surface area contributed by atoms with E-state index in [1.807, 2.05) is 91.0 Å². The third kappa shape index (κ3) is 9.76. The Kier molecular flexibility index (Phi) is 11.8. The SMILES string of the molecule is C=CC(Cc1ccccc1)OC(=O)c1cc(C(=O)OC(C=C)Cc2ccccc2)cc(C(=O)OC(C=C)Cc2ccccc2)c1. The van der Waals surface area contributed by atoms with E-state index in [1.165, 1.54) is 36.4 Å². The first kappa shape index (κ1) is 32.4. The molecule has 0 aliphatic heterocycles. The largest absolute Gasteiger partial charge is 0.454 e. The van der Waals surface area contributed by atoms with E-state index in [1.54, 1.807) is 0 Å². The van der Waals surface area contributed by atoms with Crippen LogP contribution in [0.2, 0.25) is 0 Å². The second-order valence-electron chi connectivity index (χ2n) is 10.4. The monoisotopic (exact) mass is 600 g/mol. The fraction of sp³-hybridized carbons (Fsp3) is 0.154. The zero-order valence-corrected chi connectivity index (χ0v) is 25.0. The van der Waals surface area contributed by atoms with Gasteiger partial charge < -0.3 is 14.2 Å². The van der Waals surface area contributed by atoms with Crippen LogP contribution in [0.4, 0.5) is 0 Å². The second-order valence-corrected chi connectivity index (χ2v) is 10.4. The lowest BCUT2D eigenvalue weighted by Gasteiger charge is -2.18. The van der Waals surface area contributed by atoms with Gasteiger partial charge in [-0.1, -0.05) is 129 Å². The minimum atomic E-state index is -0.728. The fourth-order valence-corrected chi connectivity index (χ4v) is 4.66. The summed E-state index contributed by atoms with van der Waals surface area (Å²) in [7, 11) is 0.